The Balaban J connectivity index is 2.06. The first kappa shape index (κ1) is 9.44. The van der Waals surface area contributed by atoms with Crippen LogP contribution >= 0.6 is 0 Å². The first-order chi connectivity index (χ1) is 6.18. The molecule has 4 atom stereocenters. The fourth-order valence-corrected chi connectivity index (χ4v) is 2.44. The highest BCUT2D eigenvalue weighted by molar-refractivity contribution is 4.99. The number of ether oxygens (including phenoxy) is 2. The van der Waals surface area contributed by atoms with Crippen molar-refractivity contribution in [3.05, 3.63) is 0 Å². The molecular weight excluding hydrogens is 166 g/mol. The number of rotatable bonds is 1. The second-order valence-corrected chi connectivity index (χ2v) is 4.38. The first-order valence-corrected chi connectivity index (χ1v) is 5.17. The molecule has 0 aromatic carbocycles. The zero-order valence-corrected chi connectivity index (χ0v) is 8.45. The van der Waals surface area contributed by atoms with Gasteiger partial charge in [-0.1, -0.05) is 6.92 Å². The monoisotopic (exact) mass is 185 g/mol. The van der Waals surface area contributed by atoms with Crippen molar-refractivity contribution in [2.45, 2.75) is 44.5 Å². The molecule has 2 N–H and O–H groups in total. The average Bonchev–Trinajstić information content (AvgIpc) is 2.67. The van der Waals surface area contributed by atoms with Crippen LogP contribution in [0.25, 0.3) is 0 Å². The summed E-state index contributed by atoms with van der Waals surface area (Å²) >= 11 is 0. The van der Waals surface area contributed by atoms with Crippen molar-refractivity contribution >= 4 is 0 Å². The van der Waals surface area contributed by atoms with E-state index in [0.717, 1.165) is 19.4 Å². The summed E-state index contributed by atoms with van der Waals surface area (Å²) < 4.78 is 11.6. The molecule has 2 heterocycles. The highest BCUT2D eigenvalue weighted by atomic mass is 16.6. The lowest BCUT2D eigenvalue weighted by atomic mass is 9.86. The van der Waals surface area contributed by atoms with Crippen molar-refractivity contribution < 1.29 is 9.47 Å². The molecule has 0 saturated carbocycles. The molecule has 0 amide bonds. The summed E-state index contributed by atoms with van der Waals surface area (Å²) in [5, 5.41) is 0. The molecule has 0 aromatic heterocycles. The van der Waals surface area contributed by atoms with Crippen molar-refractivity contribution in [3.8, 4) is 0 Å². The van der Waals surface area contributed by atoms with Crippen molar-refractivity contribution in [1.82, 2.24) is 0 Å². The zero-order chi connectivity index (χ0) is 9.47. The van der Waals surface area contributed by atoms with Gasteiger partial charge < -0.3 is 15.2 Å². The van der Waals surface area contributed by atoms with Crippen LogP contribution in [-0.4, -0.2) is 31.0 Å². The Hall–Kier alpha value is -0.120. The molecule has 0 aliphatic carbocycles. The lowest BCUT2D eigenvalue weighted by molar-refractivity contribution is -0.0586. The van der Waals surface area contributed by atoms with E-state index in [-0.39, 0.29) is 11.7 Å². The molecule has 2 aliphatic rings. The number of hydrogen-bond donors (Lipinski definition) is 1. The van der Waals surface area contributed by atoms with Crippen molar-refractivity contribution in [2.24, 2.45) is 11.7 Å². The van der Waals surface area contributed by atoms with Crippen LogP contribution in [0.5, 0.6) is 0 Å². The van der Waals surface area contributed by atoms with Crippen LogP contribution in [0.15, 0.2) is 0 Å². The topological polar surface area (TPSA) is 44.5 Å². The second kappa shape index (κ2) is 3.23. The van der Waals surface area contributed by atoms with E-state index in [1.807, 2.05) is 0 Å². The summed E-state index contributed by atoms with van der Waals surface area (Å²) in [5.74, 6) is 0.504. The van der Waals surface area contributed by atoms with Gasteiger partial charge in [0.1, 0.15) is 0 Å². The maximum absolute atomic E-state index is 5.99. The van der Waals surface area contributed by atoms with Gasteiger partial charge in [-0.25, -0.2) is 0 Å². The van der Waals surface area contributed by atoms with E-state index >= 15 is 0 Å². The molecule has 0 unspecified atom stereocenters. The summed E-state index contributed by atoms with van der Waals surface area (Å²) in [7, 11) is 0. The highest BCUT2D eigenvalue weighted by Gasteiger charge is 2.50. The van der Waals surface area contributed by atoms with E-state index in [1.54, 1.807) is 0 Å². The minimum absolute atomic E-state index is 0.0105. The third-order valence-corrected chi connectivity index (χ3v) is 3.68. The Morgan fingerprint density at radius 3 is 2.69 bits per heavy atom. The van der Waals surface area contributed by atoms with E-state index in [9.17, 15) is 0 Å². The third kappa shape index (κ3) is 1.39. The van der Waals surface area contributed by atoms with Gasteiger partial charge in [-0.05, 0) is 19.8 Å². The van der Waals surface area contributed by atoms with Gasteiger partial charge in [0.15, 0.2) is 0 Å². The first-order valence-electron chi connectivity index (χ1n) is 5.17. The van der Waals surface area contributed by atoms with Gasteiger partial charge >= 0.3 is 0 Å². The van der Waals surface area contributed by atoms with Crippen LogP contribution in [0, 0.1) is 5.92 Å². The van der Waals surface area contributed by atoms with Gasteiger partial charge in [0.2, 0.25) is 0 Å². The Morgan fingerprint density at radius 2 is 2.23 bits per heavy atom. The molecule has 0 radical (unpaired) electrons. The molecule has 1 spiro atoms. The summed E-state index contributed by atoms with van der Waals surface area (Å²) in [6.45, 7) is 5.74. The predicted molar refractivity (Wildman–Crippen MR) is 50.5 cm³/mol. The Morgan fingerprint density at radius 1 is 1.46 bits per heavy atom. The SMILES string of the molecule is C[C@@H]1OC[C@]2(CC[C@@H](CN)O2)[C@H]1C. The predicted octanol–water partition coefficient (Wildman–Crippen LogP) is 0.918. The average molecular weight is 185 g/mol. The quantitative estimate of drug-likeness (QED) is 0.660. The standard InChI is InChI=1S/C10H19NO2/c1-7-8(2)12-6-10(7)4-3-9(5-11)13-10/h7-9H,3-6,11H2,1-2H3/t7-,8-,9-,10+/m0/s1. The van der Waals surface area contributed by atoms with Gasteiger partial charge in [0.25, 0.3) is 0 Å². The lowest BCUT2D eigenvalue weighted by Gasteiger charge is -2.28. The van der Waals surface area contributed by atoms with Crippen molar-refractivity contribution in [3.63, 3.8) is 0 Å². The van der Waals surface area contributed by atoms with Gasteiger partial charge in [-0.3, -0.25) is 0 Å². The van der Waals surface area contributed by atoms with Crippen LogP contribution < -0.4 is 5.73 Å². The molecule has 3 nitrogen and oxygen atoms in total. The molecule has 3 heteroatoms. The Labute approximate surface area is 79.6 Å². The second-order valence-electron chi connectivity index (χ2n) is 4.38. The molecule has 13 heavy (non-hydrogen) atoms. The maximum Gasteiger partial charge on any atom is 0.0970 e. The van der Waals surface area contributed by atoms with E-state index in [0.29, 0.717) is 18.6 Å². The van der Waals surface area contributed by atoms with Crippen molar-refractivity contribution in [1.29, 1.82) is 0 Å². The Kier molecular flexibility index (Phi) is 2.34. The summed E-state index contributed by atoms with van der Waals surface area (Å²) in [5.41, 5.74) is 5.59. The van der Waals surface area contributed by atoms with Crippen LogP contribution in [-0.2, 0) is 9.47 Å². The van der Waals surface area contributed by atoms with Crippen LogP contribution in [0.2, 0.25) is 0 Å². The van der Waals surface area contributed by atoms with Gasteiger partial charge in [0, 0.05) is 12.5 Å². The molecule has 76 valence electrons. The van der Waals surface area contributed by atoms with E-state index in [1.165, 1.54) is 0 Å². The van der Waals surface area contributed by atoms with Crippen LogP contribution in [0.1, 0.15) is 26.7 Å². The van der Waals surface area contributed by atoms with E-state index in [2.05, 4.69) is 13.8 Å². The molecule has 2 fully saturated rings. The summed E-state index contributed by atoms with van der Waals surface area (Å²) in [4.78, 5) is 0. The van der Waals surface area contributed by atoms with E-state index in [4.69, 9.17) is 15.2 Å². The molecule has 2 aliphatic heterocycles. The third-order valence-electron chi connectivity index (χ3n) is 3.68. The summed E-state index contributed by atoms with van der Waals surface area (Å²) in [6.07, 6.45) is 2.80. The lowest BCUT2D eigenvalue weighted by Crippen LogP contribution is -2.38. The fourth-order valence-electron chi connectivity index (χ4n) is 2.44. The largest absolute Gasteiger partial charge is 0.375 e. The smallest absolute Gasteiger partial charge is 0.0970 e. The fraction of sp³-hybridized carbons (Fsp3) is 1.00. The van der Waals surface area contributed by atoms with Gasteiger partial charge in [-0.2, -0.15) is 0 Å². The van der Waals surface area contributed by atoms with Crippen LogP contribution in [0.4, 0.5) is 0 Å². The molecule has 0 bridgehead atoms. The number of nitrogens with two attached hydrogens (primary N) is 1. The van der Waals surface area contributed by atoms with Crippen molar-refractivity contribution in [2.75, 3.05) is 13.2 Å². The van der Waals surface area contributed by atoms with Gasteiger partial charge in [0.05, 0.1) is 24.4 Å². The van der Waals surface area contributed by atoms with Gasteiger partial charge in [-0.15, -0.1) is 0 Å². The molecular formula is C10H19NO2. The normalized spacial score (nSPS) is 50.5. The minimum Gasteiger partial charge on any atom is -0.375 e. The minimum atomic E-state index is -0.0105. The molecule has 0 aromatic rings. The maximum atomic E-state index is 5.99. The zero-order valence-electron chi connectivity index (χ0n) is 8.45. The molecule has 2 saturated heterocycles. The Bertz CT molecular complexity index is 197. The van der Waals surface area contributed by atoms with Crippen LogP contribution in [0.3, 0.4) is 0 Å². The van der Waals surface area contributed by atoms with E-state index < -0.39 is 0 Å². The number of hydrogen-bond acceptors (Lipinski definition) is 3. The molecule has 2 rings (SSSR count). The highest BCUT2D eigenvalue weighted by Crippen LogP contribution is 2.43. The summed E-state index contributed by atoms with van der Waals surface area (Å²) in [6, 6.07) is 0.